The number of aromatic nitrogens is 2. The van der Waals surface area contributed by atoms with E-state index in [9.17, 15) is 4.79 Å². The molecule has 2 aromatic rings. The second kappa shape index (κ2) is 7.92. The summed E-state index contributed by atoms with van der Waals surface area (Å²) in [6.07, 6.45) is 0.850. The van der Waals surface area contributed by atoms with Gasteiger partial charge in [0.15, 0.2) is 5.69 Å². The molecule has 23 heavy (non-hydrogen) atoms. The summed E-state index contributed by atoms with van der Waals surface area (Å²) in [5, 5.41) is 7.23. The van der Waals surface area contributed by atoms with Crippen LogP contribution in [-0.4, -0.2) is 53.1 Å². The number of aromatic amines is 1. The van der Waals surface area contributed by atoms with Gasteiger partial charge in [0.25, 0.3) is 5.91 Å². The Morgan fingerprint density at radius 1 is 1.17 bits per heavy atom. The predicted octanol–water partition coefficient (Wildman–Crippen LogP) is 2.48. The Balaban J connectivity index is 2.21. The van der Waals surface area contributed by atoms with E-state index in [0.717, 1.165) is 29.8 Å². The van der Waals surface area contributed by atoms with Gasteiger partial charge in [0.2, 0.25) is 0 Å². The standard InChI is InChI=1S/C18H26N4O/c1-5-16-14(2)17(20-19-16)18(23)22(12-11-21(3)4)13-15-9-7-6-8-10-15/h6-10H,5,11-13H2,1-4H3,(H,19,20). The van der Waals surface area contributed by atoms with Crippen molar-refractivity contribution in [2.75, 3.05) is 27.2 Å². The molecular formula is C18H26N4O. The average Bonchev–Trinajstić information content (AvgIpc) is 2.92. The number of benzene rings is 1. The van der Waals surface area contributed by atoms with Crippen LogP contribution in [0.5, 0.6) is 0 Å². The van der Waals surface area contributed by atoms with E-state index >= 15 is 0 Å². The number of amides is 1. The molecule has 0 radical (unpaired) electrons. The number of hydrogen-bond acceptors (Lipinski definition) is 3. The third-order valence-corrected chi connectivity index (χ3v) is 3.99. The number of nitrogens with zero attached hydrogens (tertiary/aromatic N) is 3. The van der Waals surface area contributed by atoms with Gasteiger partial charge < -0.3 is 9.80 Å². The number of nitrogens with one attached hydrogen (secondary N) is 1. The van der Waals surface area contributed by atoms with Crippen LogP contribution in [0.15, 0.2) is 30.3 Å². The third-order valence-electron chi connectivity index (χ3n) is 3.99. The fraction of sp³-hybridized carbons (Fsp3) is 0.444. The molecule has 2 rings (SSSR count). The molecule has 1 aromatic heterocycles. The van der Waals surface area contributed by atoms with Crippen LogP contribution in [-0.2, 0) is 13.0 Å². The van der Waals surface area contributed by atoms with Crippen LogP contribution >= 0.6 is 0 Å². The van der Waals surface area contributed by atoms with Gasteiger partial charge in [-0.25, -0.2) is 0 Å². The molecule has 1 heterocycles. The molecule has 124 valence electrons. The van der Waals surface area contributed by atoms with Crippen molar-refractivity contribution in [3.05, 3.63) is 52.8 Å². The zero-order valence-electron chi connectivity index (χ0n) is 14.5. The fourth-order valence-corrected chi connectivity index (χ4v) is 2.51. The Hall–Kier alpha value is -2.14. The minimum atomic E-state index is -0.0100. The van der Waals surface area contributed by atoms with Crippen LogP contribution in [0.3, 0.4) is 0 Å². The summed E-state index contributed by atoms with van der Waals surface area (Å²) in [6.45, 7) is 6.11. The van der Waals surface area contributed by atoms with Gasteiger partial charge in [-0.1, -0.05) is 37.3 Å². The lowest BCUT2D eigenvalue weighted by atomic mass is 10.1. The molecule has 0 saturated heterocycles. The first-order valence-electron chi connectivity index (χ1n) is 8.04. The second-order valence-corrected chi connectivity index (χ2v) is 6.04. The zero-order valence-corrected chi connectivity index (χ0v) is 14.5. The molecule has 0 aliphatic rings. The van der Waals surface area contributed by atoms with Crippen LogP contribution in [0.4, 0.5) is 0 Å². The maximum Gasteiger partial charge on any atom is 0.274 e. The van der Waals surface area contributed by atoms with Crippen molar-refractivity contribution in [3.8, 4) is 0 Å². The molecule has 0 bridgehead atoms. The number of likely N-dealkylation sites (N-methyl/N-ethyl adjacent to an activating group) is 1. The minimum absolute atomic E-state index is 0.0100. The maximum atomic E-state index is 12.9. The summed E-state index contributed by atoms with van der Waals surface area (Å²) in [5.41, 5.74) is 3.65. The summed E-state index contributed by atoms with van der Waals surface area (Å²) in [6, 6.07) is 10.1. The molecule has 1 N–H and O–H groups in total. The van der Waals surface area contributed by atoms with Gasteiger partial charge in [0, 0.05) is 30.9 Å². The Labute approximate surface area is 138 Å². The zero-order chi connectivity index (χ0) is 16.8. The summed E-state index contributed by atoms with van der Waals surface area (Å²) >= 11 is 0. The minimum Gasteiger partial charge on any atom is -0.332 e. The van der Waals surface area contributed by atoms with Gasteiger partial charge in [-0.05, 0) is 33.0 Å². The topological polar surface area (TPSA) is 52.2 Å². The molecule has 1 amide bonds. The Kier molecular flexibility index (Phi) is 5.93. The van der Waals surface area contributed by atoms with E-state index in [1.54, 1.807) is 0 Å². The number of carbonyl (C=O) groups is 1. The first-order valence-corrected chi connectivity index (χ1v) is 8.04. The van der Waals surface area contributed by atoms with Crippen LogP contribution in [0, 0.1) is 6.92 Å². The Bertz CT molecular complexity index is 634. The predicted molar refractivity (Wildman–Crippen MR) is 92.4 cm³/mol. The number of carbonyl (C=O) groups excluding carboxylic acids is 1. The van der Waals surface area contributed by atoms with Crippen LogP contribution < -0.4 is 0 Å². The molecule has 5 nitrogen and oxygen atoms in total. The smallest absolute Gasteiger partial charge is 0.274 e. The van der Waals surface area contributed by atoms with Gasteiger partial charge in [-0.3, -0.25) is 9.89 Å². The normalized spacial score (nSPS) is 11.0. The van der Waals surface area contributed by atoms with E-state index in [1.807, 2.05) is 56.3 Å². The largest absolute Gasteiger partial charge is 0.332 e. The Morgan fingerprint density at radius 2 is 1.87 bits per heavy atom. The quantitative estimate of drug-likeness (QED) is 0.854. The number of aryl methyl sites for hydroxylation is 1. The third kappa shape index (κ3) is 4.42. The maximum absolute atomic E-state index is 12.9. The summed E-state index contributed by atoms with van der Waals surface area (Å²) in [4.78, 5) is 16.9. The van der Waals surface area contributed by atoms with E-state index in [1.165, 1.54) is 0 Å². The van der Waals surface area contributed by atoms with E-state index in [0.29, 0.717) is 18.8 Å². The van der Waals surface area contributed by atoms with Crippen molar-refractivity contribution in [3.63, 3.8) is 0 Å². The number of hydrogen-bond donors (Lipinski definition) is 1. The molecule has 0 spiro atoms. The molecule has 0 aliphatic heterocycles. The van der Waals surface area contributed by atoms with E-state index < -0.39 is 0 Å². The number of rotatable bonds is 7. The van der Waals surface area contributed by atoms with Crippen molar-refractivity contribution in [2.45, 2.75) is 26.8 Å². The molecule has 0 aliphatic carbocycles. The fourth-order valence-electron chi connectivity index (χ4n) is 2.51. The van der Waals surface area contributed by atoms with Crippen molar-refractivity contribution in [1.82, 2.24) is 20.0 Å². The molecular weight excluding hydrogens is 288 g/mol. The first-order chi connectivity index (χ1) is 11.0. The lowest BCUT2D eigenvalue weighted by Gasteiger charge is -2.24. The highest BCUT2D eigenvalue weighted by atomic mass is 16.2. The van der Waals surface area contributed by atoms with Gasteiger partial charge in [-0.15, -0.1) is 0 Å². The van der Waals surface area contributed by atoms with Crippen molar-refractivity contribution in [1.29, 1.82) is 0 Å². The highest BCUT2D eigenvalue weighted by Crippen LogP contribution is 2.15. The van der Waals surface area contributed by atoms with Crippen molar-refractivity contribution >= 4 is 5.91 Å². The monoisotopic (exact) mass is 314 g/mol. The van der Waals surface area contributed by atoms with Gasteiger partial charge in [0.05, 0.1) is 0 Å². The first kappa shape index (κ1) is 17.2. The molecule has 0 saturated carbocycles. The molecule has 1 aromatic carbocycles. The van der Waals surface area contributed by atoms with Crippen LogP contribution in [0.2, 0.25) is 0 Å². The van der Waals surface area contributed by atoms with Gasteiger partial charge in [-0.2, -0.15) is 5.10 Å². The van der Waals surface area contributed by atoms with E-state index in [2.05, 4.69) is 22.0 Å². The molecule has 0 unspecified atom stereocenters. The summed E-state index contributed by atoms with van der Waals surface area (Å²) < 4.78 is 0. The van der Waals surface area contributed by atoms with Crippen LogP contribution in [0.1, 0.15) is 34.2 Å². The second-order valence-electron chi connectivity index (χ2n) is 6.04. The van der Waals surface area contributed by atoms with Crippen LogP contribution in [0.25, 0.3) is 0 Å². The SMILES string of the molecule is CCc1[nH]nc(C(=O)N(CCN(C)C)Cc2ccccc2)c1C. The van der Waals surface area contributed by atoms with Crippen molar-refractivity contribution < 1.29 is 4.79 Å². The summed E-state index contributed by atoms with van der Waals surface area (Å²) in [7, 11) is 4.03. The molecule has 5 heteroatoms. The highest BCUT2D eigenvalue weighted by molar-refractivity contribution is 5.93. The lowest BCUT2D eigenvalue weighted by Crippen LogP contribution is -2.36. The molecule has 0 fully saturated rings. The lowest BCUT2D eigenvalue weighted by molar-refractivity contribution is 0.0725. The Morgan fingerprint density at radius 3 is 2.43 bits per heavy atom. The highest BCUT2D eigenvalue weighted by Gasteiger charge is 2.22. The van der Waals surface area contributed by atoms with Gasteiger partial charge in [0.1, 0.15) is 0 Å². The molecule has 0 atom stereocenters. The van der Waals surface area contributed by atoms with Gasteiger partial charge >= 0.3 is 0 Å². The summed E-state index contributed by atoms with van der Waals surface area (Å²) in [5.74, 6) is -0.0100. The van der Waals surface area contributed by atoms with Crippen molar-refractivity contribution in [2.24, 2.45) is 0 Å². The average molecular weight is 314 g/mol. The van der Waals surface area contributed by atoms with E-state index in [4.69, 9.17) is 0 Å². The number of H-pyrrole nitrogens is 1. The van der Waals surface area contributed by atoms with E-state index in [-0.39, 0.29) is 5.91 Å².